The lowest BCUT2D eigenvalue weighted by molar-refractivity contribution is -0.131. The van der Waals surface area contributed by atoms with Crippen LogP contribution in [0.3, 0.4) is 0 Å². The second-order valence-electron chi connectivity index (χ2n) is 5.22. The van der Waals surface area contributed by atoms with Gasteiger partial charge in [-0.05, 0) is 37.1 Å². The SMILES string of the molecule is CN(Cc1ccccc1C=CC(=O)O)C1CCCC1. The van der Waals surface area contributed by atoms with Crippen LogP contribution in [0.15, 0.2) is 30.3 Å². The van der Waals surface area contributed by atoms with Crippen molar-refractivity contribution in [3.05, 3.63) is 41.5 Å². The Bertz CT molecular complexity index is 462. The molecule has 0 saturated heterocycles. The molecule has 0 bridgehead atoms. The average molecular weight is 259 g/mol. The molecule has 1 saturated carbocycles. The van der Waals surface area contributed by atoms with Gasteiger partial charge in [0, 0.05) is 18.7 Å². The van der Waals surface area contributed by atoms with Gasteiger partial charge in [0.2, 0.25) is 0 Å². The van der Waals surface area contributed by atoms with E-state index in [2.05, 4.69) is 18.0 Å². The summed E-state index contributed by atoms with van der Waals surface area (Å²) >= 11 is 0. The lowest BCUT2D eigenvalue weighted by atomic mass is 10.1. The van der Waals surface area contributed by atoms with Gasteiger partial charge in [0.1, 0.15) is 0 Å². The molecule has 0 spiro atoms. The van der Waals surface area contributed by atoms with Gasteiger partial charge in [-0.25, -0.2) is 4.79 Å². The number of carbonyl (C=O) groups is 1. The molecule has 1 fully saturated rings. The summed E-state index contributed by atoms with van der Waals surface area (Å²) < 4.78 is 0. The van der Waals surface area contributed by atoms with Gasteiger partial charge in [-0.3, -0.25) is 4.90 Å². The Balaban J connectivity index is 2.08. The second kappa shape index (κ2) is 6.53. The van der Waals surface area contributed by atoms with Crippen LogP contribution in [0.25, 0.3) is 6.08 Å². The Hall–Kier alpha value is -1.61. The molecule has 0 radical (unpaired) electrons. The number of aliphatic carboxylic acids is 1. The van der Waals surface area contributed by atoms with E-state index in [0.717, 1.165) is 12.1 Å². The van der Waals surface area contributed by atoms with Crippen molar-refractivity contribution in [3.8, 4) is 0 Å². The highest BCUT2D eigenvalue weighted by molar-refractivity contribution is 5.85. The largest absolute Gasteiger partial charge is 0.478 e. The van der Waals surface area contributed by atoms with Crippen LogP contribution in [-0.4, -0.2) is 29.1 Å². The minimum absolute atomic E-state index is 0.677. The van der Waals surface area contributed by atoms with Gasteiger partial charge in [-0.1, -0.05) is 37.1 Å². The standard InChI is InChI=1S/C16H21NO2/c1-17(15-8-4-5-9-15)12-14-7-3-2-6-13(14)10-11-16(18)19/h2-3,6-7,10-11,15H,4-5,8-9,12H2,1H3,(H,18,19). The Morgan fingerprint density at radius 3 is 2.74 bits per heavy atom. The summed E-state index contributed by atoms with van der Waals surface area (Å²) in [6.45, 7) is 0.880. The molecule has 0 aliphatic heterocycles. The van der Waals surface area contributed by atoms with Crippen LogP contribution in [0, 0.1) is 0 Å². The first-order chi connectivity index (χ1) is 9.16. The van der Waals surface area contributed by atoms with E-state index < -0.39 is 5.97 Å². The summed E-state index contributed by atoms with van der Waals surface area (Å²) in [4.78, 5) is 13.0. The third-order valence-corrected chi connectivity index (χ3v) is 3.83. The van der Waals surface area contributed by atoms with Crippen molar-refractivity contribution >= 4 is 12.0 Å². The number of hydrogen-bond acceptors (Lipinski definition) is 2. The van der Waals surface area contributed by atoms with Crippen LogP contribution in [0.1, 0.15) is 36.8 Å². The van der Waals surface area contributed by atoms with Crippen molar-refractivity contribution in [2.24, 2.45) is 0 Å². The predicted molar refractivity (Wildman–Crippen MR) is 76.8 cm³/mol. The maximum absolute atomic E-state index is 10.6. The lowest BCUT2D eigenvalue weighted by Gasteiger charge is -2.24. The van der Waals surface area contributed by atoms with Crippen LogP contribution in [0.5, 0.6) is 0 Å². The monoisotopic (exact) mass is 259 g/mol. The molecule has 3 heteroatoms. The molecule has 19 heavy (non-hydrogen) atoms. The van der Waals surface area contributed by atoms with Crippen LogP contribution in [0.4, 0.5) is 0 Å². The Labute approximate surface area is 114 Å². The third kappa shape index (κ3) is 3.93. The normalized spacial score (nSPS) is 16.5. The molecule has 0 amide bonds. The van der Waals surface area contributed by atoms with Crippen LogP contribution in [0.2, 0.25) is 0 Å². The van der Waals surface area contributed by atoms with E-state index in [4.69, 9.17) is 5.11 Å². The smallest absolute Gasteiger partial charge is 0.328 e. The topological polar surface area (TPSA) is 40.5 Å². The van der Waals surface area contributed by atoms with Crippen molar-refractivity contribution in [2.75, 3.05) is 7.05 Å². The summed E-state index contributed by atoms with van der Waals surface area (Å²) in [6, 6.07) is 8.68. The van der Waals surface area contributed by atoms with Crippen molar-refractivity contribution in [1.29, 1.82) is 0 Å². The highest BCUT2D eigenvalue weighted by atomic mass is 16.4. The summed E-state index contributed by atoms with van der Waals surface area (Å²) in [5, 5.41) is 8.72. The van der Waals surface area contributed by atoms with E-state index in [1.54, 1.807) is 6.08 Å². The molecule has 1 N–H and O–H groups in total. The molecule has 3 nitrogen and oxygen atoms in total. The minimum Gasteiger partial charge on any atom is -0.478 e. The first kappa shape index (κ1) is 13.8. The van der Waals surface area contributed by atoms with E-state index in [9.17, 15) is 4.79 Å². The van der Waals surface area contributed by atoms with E-state index in [1.807, 2.05) is 18.2 Å². The fourth-order valence-corrected chi connectivity index (χ4v) is 2.74. The lowest BCUT2D eigenvalue weighted by Crippen LogP contribution is -2.28. The van der Waals surface area contributed by atoms with Crippen LogP contribution < -0.4 is 0 Å². The van der Waals surface area contributed by atoms with E-state index >= 15 is 0 Å². The zero-order valence-electron chi connectivity index (χ0n) is 11.4. The van der Waals surface area contributed by atoms with Gasteiger partial charge in [-0.15, -0.1) is 0 Å². The van der Waals surface area contributed by atoms with Crippen LogP contribution >= 0.6 is 0 Å². The Kier molecular flexibility index (Phi) is 4.74. The first-order valence-corrected chi connectivity index (χ1v) is 6.86. The molecular formula is C16H21NO2. The van der Waals surface area contributed by atoms with Gasteiger partial charge in [0.15, 0.2) is 0 Å². The Morgan fingerprint density at radius 2 is 2.05 bits per heavy atom. The zero-order valence-corrected chi connectivity index (χ0v) is 11.4. The highest BCUT2D eigenvalue weighted by Gasteiger charge is 2.19. The second-order valence-corrected chi connectivity index (χ2v) is 5.22. The molecule has 1 aromatic carbocycles. The maximum Gasteiger partial charge on any atom is 0.328 e. The van der Waals surface area contributed by atoms with Gasteiger partial charge < -0.3 is 5.11 Å². The summed E-state index contributed by atoms with van der Waals surface area (Å²) in [6.07, 6.45) is 8.10. The molecule has 1 aliphatic carbocycles. The van der Waals surface area contributed by atoms with Crippen molar-refractivity contribution in [1.82, 2.24) is 4.90 Å². The summed E-state index contributed by atoms with van der Waals surface area (Å²) in [5.41, 5.74) is 2.18. The molecule has 0 aromatic heterocycles. The number of carboxylic acids is 1. The van der Waals surface area contributed by atoms with E-state index in [-0.39, 0.29) is 0 Å². The zero-order chi connectivity index (χ0) is 13.7. The van der Waals surface area contributed by atoms with Crippen molar-refractivity contribution in [3.63, 3.8) is 0 Å². The fourth-order valence-electron chi connectivity index (χ4n) is 2.74. The van der Waals surface area contributed by atoms with Gasteiger partial charge in [0.05, 0.1) is 0 Å². The van der Waals surface area contributed by atoms with Crippen molar-refractivity contribution < 1.29 is 9.90 Å². The van der Waals surface area contributed by atoms with Gasteiger partial charge in [-0.2, -0.15) is 0 Å². The molecule has 102 valence electrons. The quantitative estimate of drug-likeness (QED) is 0.826. The molecule has 1 aliphatic rings. The molecule has 1 aromatic rings. The summed E-state index contributed by atoms with van der Waals surface area (Å²) in [5.74, 6) is -0.904. The minimum atomic E-state index is -0.904. The number of nitrogens with zero attached hydrogens (tertiary/aromatic N) is 1. The number of benzene rings is 1. The van der Waals surface area contributed by atoms with Gasteiger partial charge in [0.25, 0.3) is 0 Å². The first-order valence-electron chi connectivity index (χ1n) is 6.86. The number of carboxylic acid groups (broad SMARTS) is 1. The van der Waals surface area contributed by atoms with E-state index in [0.29, 0.717) is 6.04 Å². The van der Waals surface area contributed by atoms with Crippen molar-refractivity contribution in [2.45, 2.75) is 38.3 Å². The van der Waals surface area contributed by atoms with E-state index in [1.165, 1.54) is 37.3 Å². The summed E-state index contributed by atoms with van der Waals surface area (Å²) in [7, 11) is 2.16. The Morgan fingerprint density at radius 1 is 1.37 bits per heavy atom. The molecule has 0 heterocycles. The number of hydrogen-bond donors (Lipinski definition) is 1. The maximum atomic E-state index is 10.6. The third-order valence-electron chi connectivity index (χ3n) is 3.83. The average Bonchev–Trinajstić information content (AvgIpc) is 2.91. The molecule has 0 unspecified atom stereocenters. The number of rotatable bonds is 5. The fraction of sp³-hybridized carbons (Fsp3) is 0.438. The molecule has 2 rings (SSSR count). The molecule has 0 atom stereocenters. The van der Waals surface area contributed by atoms with Gasteiger partial charge >= 0.3 is 5.97 Å². The van der Waals surface area contributed by atoms with Crippen LogP contribution in [-0.2, 0) is 11.3 Å². The molecular weight excluding hydrogens is 238 g/mol. The predicted octanol–water partition coefficient (Wildman–Crippen LogP) is 3.16. The highest BCUT2D eigenvalue weighted by Crippen LogP contribution is 2.24.